The SMILES string of the molecule is CN[C@@H](CC(=O)O)C(=O)N[C@@H](Cc1ccc(O)cc1)C(=O)N[C@@H](CCCCN)C(=O)NC(CC(=O)O)C(=O)N[C@@H](CC(=O)O)C(=O)N[C@@H](CC(=O)O)C(=O)N[C@@H](CC(=O)O)C(=O)N[C@@H](CCCCN)C(=O)NCC(=O)N[C@@H](CCCCN)C(N)=O. The molecular weight excluding hydrogens is 1130 g/mol. The third kappa shape index (κ3) is 30.2. The molecule has 0 aliphatic heterocycles. The second-order valence-corrected chi connectivity index (χ2v) is 19.2. The first-order valence-corrected chi connectivity index (χ1v) is 26.7. The van der Waals surface area contributed by atoms with E-state index in [1.807, 2.05) is 16.0 Å². The van der Waals surface area contributed by atoms with Crippen LogP contribution >= 0.6 is 0 Å². The number of hydrogen-bond donors (Lipinski definition) is 20. The molecule has 0 aliphatic rings. The van der Waals surface area contributed by atoms with E-state index in [0.717, 1.165) is 0 Å². The third-order valence-electron chi connectivity index (χ3n) is 12.3. The lowest BCUT2D eigenvalue weighted by Gasteiger charge is -2.27. The molecule has 1 rings (SSSR count). The van der Waals surface area contributed by atoms with Crippen LogP contribution in [0.1, 0.15) is 95.5 Å². The maximum atomic E-state index is 14.0. The van der Waals surface area contributed by atoms with E-state index in [1.165, 1.54) is 31.3 Å². The molecule has 1 unspecified atom stereocenters. The van der Waals surface area contributed by atoms with Gasteiger partial charge in [-0.05, 0) is 102 Å². The number of unbranched alkanes of at least 4 members (excludes halogenated alkanes) is 3. The van der Waals surface area contributed by atoms with Crippen molar-refractivity contribution in [3.8, 4) is 5.75 Å². The highest BCUT2D eigenvalue weighted by Crippen LogP contribution is 2.14. The van der Waals surface area contributed by atoms with Crippen molar-refractivity contribution in [2.45, 2.75) is 151 Å². The summed E-state index contributed by atoms with van der Waals surface area (Å²) in [6, 6.07) is -10.9. The van der Waals surface area contributed by atoms with Crippen LogP contribution in [-0.4, -0.2) is 207 Å². The fourth-order valence-electron chi connectivity index (χ4n) is 7.86. The summed E-state index contributed by atoms with van der Waals surface area (Å²) in [5, 5.41) is 80.1. The van der Waals surface area contributed by atoms with Gasteiger partial charge >= 0.3 is 29.8 Å². The molecule has 85 heavy (non-hydrogen) atoms. The van der Waals surface area contributed by atoms with Crippen molar-refractivity contribution in [2.24, 2.45) is 22.9 Å². The molecule has 0 saturated carbocycles. The Hall–Kier alpha value is -9.09. The van der Waals surface area contributed by atoms with Crippen molar-refractivity contribution in [1.29, 1.82) is 0 Å². The standard InChI is InChI=1S/C50H78N14O21/c1-55-30(19-37(67)68)45(80)60-31(18-25-11-13-26(65)14-12-25)46(81)59-29(10-4-7-17-53)44(79)61-33(21-39(71)72)48(83)63-35(23-41(75)76)50(85)64-34(22-40(73)74)49(84)62-32(20-38(69)70)47(82)58-28(9-3-6-16-52)43(78)56-24-36(66)57-27(42(54)77)8-2-5-15-51/h11-14,27-35,55,65H,2-10,15-24,51-53H2,1H3,(H2,54,77)(H,56,78)(H,57,66)(H,58,82)(H,59,81)(H,60,80)(H,61,79)(H,62,84)(H,63,83)(H,64,85)(H,67,68)(H,69,70)(H,71,72)(H,73,74)(H,75,76)/t27-,28-,29-,30-,31-,32-,33?,34-,35-/m0/s1. The number of carbonyl (C=O) groups excluding carboxylic acids is 10. The van der Waals surface area contributed by atoms with E-state index in [4.69, 9.17) is 22.9 Å². The fourth-order valence-corrected chi connectivity index (χ4v) is 7.86. The highest BCUT2D eigenvalue weighted by molar-refractivity contribution is 6.01. The van der Waals surface area contributed by atoms with Crippen LogP contribution in [0.25, 0.3) is 0 Å². The molecule has 0 spiro atoms. The van der Waals surface area contributed by atoms with Gasteiger partial charge in [-0.1, -0.05) is 12.1 Å². The fraction of sp³-hybridized carbons (Fsp3) is 0.580. The first-order chi connectivity index (χ1) is 40.0. The van der Waals surface area contributed by atoms with Crippen LogP contribution in [0.3, 0.4) is 0 Å². The van der Waals surface area contributed by atoms with Crippen molar-refractivity contribution in [2.75, 3.05) is 33.2 Å². The summed E-state index contributed by atoms with van der Waals surface area (Å²) < 4.78 is 0. The summed E-state index contributed by atoms with van der Waals surface area (Å²) in [5.74, 6) is -20.8. The molecule has 0 aliphatic carbocycles. The molecule has 0 radical (unpaired) electrons. The Morgan fingerprint density at radius 1 is 0.388 bits per heavy atom. The van der Waals surface area contributed by atoms with Crippen LogP contribution in [0.2, 0.25) is 0 Å². The van der Waals surface area contributed by atoms with Gasteiger partial charge in [-0.3, -0.25) is 71.9 Å². The topological polar surface area (TPSA) is 602 Å². The van der Waals surface area contributed by atoms with Crippen molar-refractivity contribution in [3.63, 3.8) is 0 Å². The number of nitrogens with one attached hydrogen (secondary N) is 10. The van der Waals surface area contributed by atoms with E-state index < -0.39 is 182 Å². The lowest BCUT2D eigenvalue weighted by molar-refractivity contribution is -0.145. The lowest BCUT2D eigenvalue weighted by atomic mass is 10.0. The summed E-state index contributed by atoms with van der Waals surface area (Å²) in [5.41, 5.74) is 22.4. The monoisotopic (exact) mass is 1210 g/mol. The number of aliphatic carboxylic acids is 5. The Morgan fingerprint density at radius 3 is 1.02 bits per heavy atom. The Bertz CT molecular complexity index is 2500. The normalized spacial score (nSPS) is 14.0. The van der Waals surface area contributed by atoms with E-state index in [9.17, 15) is 103 Å². The molecule has 1 aromatic carbocycles. The highest BCUT2D eigenvalue weighted by atomic mass is 16.4. The first kappa shape index (κ1) is 73.9. The minimum atomic E-state index is -2.32. The van der Waals surface area contributed by atoms with E-state index in [-0.39, 0.29) is 63.8 Å². The minimum absolute atomic E-state index is 0.0852. The molecule has 24 N–H and O–H groups in total. The van der Waals surface area contributed by atoms with Crippen LogP contribution in [0.15, 0.2) is 24.3 Å². The summed E-state index contributed by atoms with van der Waals surface area (Å²) in [6.45, 7) is -0.227. The van der Waals surface area contributed by atoms with Gasteiger partial charge in [0.05, 0.1) is 44.7 Å². The van der Waals surface area contributed by atoms with Gasteiger partial charge in [0, 0.05) is 6.42 Å². The van der Waals surface area contributed by atoms with Gasteiger partial charge in [0.25, 0.3) is 0 Å². The Balaban J connectivity index is 3.52. The molecule has 1 aromatic rings. The summed E-state index contributed by atoms with van der Waals surface area (Å²) in [6.07, 6.45) is -4.75. The zero-order valence-corrected chi connectivity index (χ0v) is 46.6. The molecule has 0 saturated heterocycles. The van der Waals surface area contributed by atoms with Gasteiger partial charge in [0.15, 0.2) is 0 Å². The first-order valence-electron chi connectivity index (χ1n) is 26.7. The van der Waals surface area contributed by atoms with Gasteiger partial charge in [-0.15, -0.1) is 0 Å². The number of phenols is 1. The second-order valence-electron chi connectivity index (χ2n) is 19.2. The second kappa shape index (κ2) is 39.4. The van der Waals surface area contributed by atoms with E-state index in [1.54, 1.807) is 0 Å². The number of carbonyl (C=O) groups is 15. The highest BCUT2D eigenvalue weighted by Gasteiger charge is 2.37. The number of aromatic hydroxyl groups is 1. The molecule has 10 amide bonds. The Kier molecular flexibility index (Phi) is 34.3. The molecule has 0 bridgehead atoms. The summed E-state index contributed by atoms with van der Waals surface area (Å²) >= 11 is 0. The molecule has 9 atom stereocenters. The molecule has 0 fully saturated rings. The molecular formula is C50H78N14O21. The predicted octanol–water partition coefficient (Wildman–Crippen LogP) is -7.24. The number of carboxylic acid groups (broad SMARTS) is 5. The maximum absolute atomic E-state index is 14.0. The van der Waals surface area contributed by atoms with E-state index in [0.29, 0.717) is 31.4 Å². The summed E-state index contributed by atoms with van der Waals surface area (Å²) in [7, 11) is 1.28. The van der Waals surface area contributed by atoms with Crippen LogP contribution < -0.4 is 76.1 Å². The molecule has 0 aromatic heterocycles. The zero-order valence-electron chi connectivity index (χ0n) is 46.6. The smallest absolute Gasteiger partial charge is 0.305 e. The quantitative estimate of drug-likeness (QED) is 0.0270. The van der Waals surface area contributed by atoms with E-state index >= 15 is 0 Å². The van der Waals surface area contributed by atoms with Gasteiger partial charge in [-0.25, -0.2) is 0 Å². The lowest BCUT2D eigenvalue weighted by Crippen LogP contribution is -2.61. The number of benzene rings is 1. The largest absolute Gasteiger partial charge is 0.508 e. The number of likely N-dealkylation sites (N-methyl/N-ethyl adjacent to an activating group) is 1. The summed E-state index contributed by atoms with van der Waals surface area (Å²) in [4.78, 5) is 194. The van der Waals surface area contributed by atoms with Crippen molar-refractivity contribution in [1.82, 2.24) is 53.2 Å². The minimum Gasteiger partial charge on any atom is -0.508 e. The van der Waals surface area contributed by atoms with Crippen LogP contribution in [0.4, 0.5) is 0 Å². The Labute approximate surface area is 486 Å². The number of carboxylic acids is 5. The average Bonchev–Trinajstić information content (AvgIpc) is 3.59. The number of rotatable bonds is 44. The van der Waals surface area contributed by atoms with Crippen molar-refractivity contribution in [3.05, 3.63) is 29.8 Å². The zero-order chi connectivity index (χ0) is 64.3. The van der Waals surface area contributed by atoms with E-state index in [2.05, 4.69) is 37.2 Å². The van der Waals surface area contributed by atoms with Crippen LogP contribution in [0.5, 0.6) is 5.75 Å². The predicted molar refractivity (Wildman–Crippen MR) is 292 cm³/mol. The van der Waals surface area contributed by atoms with Crippen LogP contribution in [0, 0.1) is 0 Å². The van der Waals surface area contributed by atoms with Gasteiger partial charge in [-0.2, -0.15) is 0 Å². The van der Waals surface area contributed by atoms with Gasteiger partial charge in [0.2, 0.25) is 59.1 Å². The molecule has 0 heterocycles. The third-order valence-corrected chi connectivity index (χ3v) is 12.3. The number of nitrogens with two attached hydrogens (primary N) is 4. The number of amides is 10. The Morgan fingerprint density at radius 2 is 0.682 bits per heavy atom. The van der Waals surface area contributed by atoms with Gasteiger partial charge < -0.3 is 107 Å². The molecule has 35 heteroatoms. The maximum Gasteiger partial charge on any atom is 0.305 e. The molecule has 474 valence electrons. The van der Waals surface area contributed by atoms with Gasteiger partial charge in [0.1, 0.15) is 54.1 Å². The van der Waals surface area contributed by atoms with Crippen molar-refractivity contribution < 1.29 is 103 Å². The number of phenolic OH excluding ortho intramolecular Hbond substituents is 1. The van der Waals surface area contributed by atoms with Crippen molar-refractivity contribution >= 4 is 88.9 Å². The average molecular weight is 1210 g/mol. The molecule has 35 nitrogen and oxygen atoms in total. The van der Waals surface area contributed by atoms with Crippen LogP contribution in [-0.2, 0) is 78.3 Å². The number of hydrogen-bond acceptors (Lipinski definition) is 20. The number of primary amides is 1.